The first-order valence-electron chi connectivity index (χ1n) is 8.13. The van der Waals surface area contributed by atoms with Gasteiger partial charge in [-0.25, -0.2) is 4.39 Å². The highest BCUT2D eigenvalue weighted by atomic mass is 19.1. The Labute approximate surface area is 135 Å². The van der Waals surface area contributed by atoms with Gasteiger partial charge in [-0.15, -0.1) is 0 Å². The number of rotatable bonds is 4. The average Bonchev–Trinajstić information content (AvgIpc) is 2.95. The Kier molecular flexibility index (Phi) is 4.74. The molecule has 1 atom stereocenters. The Balaban J connectivity index is 1.58. The normalized spacial score (nSPS) is 18.2. The van der Waals surface area contributed by atoms with E-state index in [1.54, 1.807) is 12.1 Å². The number of aryl methyl sites for hydroxylation is 1. The second-order valence-corrected chi connectivity index (χ2v) is 6.39. The van der Waals surface area contributed by atoms with Gasteiger partial charge in [-0.05, 0) is 55.4 Å². The number of likely N-dealkylation sites (tertiary alicyclic amines) is 1. The van der Waals surface area contributed by atoms with Crippen molar-refractivity contribution in [2.75, 3.05) is 13.1 Å². The minimum atomic E-state index is -0.269. The highest BCUT2D eigenvalue weighted by Crippen LogP contribution is 2.22. The Hall–Kier alpha value is -2.17. The maximum Gasteiger partial charge on any atom is 0.226 e. The van der Waals surface area contributed by atoms with E-state index in [1.165, 1.54) is 23.4 Å². The van der Waals surface area contributed by atoms with Crippen LogP contribution in [-0.4, -0.2) is 34.1 Å². The highest BCUT2D eigenvalue weighted by molar-refractivity contribution is 5.78. The van der Waals surface area contributed by atoms with Gasteiger partial charge in [0.25, 0.3) is 0 Å². The minimum Gasteiger partial charge on any atom is -0.342 e. The number of nitrogens with zero attached hydrogens (tertiary/aromatic N) is 2. The van der Waals surface area contributed by atoms with Crippen molar-refractivity contribution >= 4 is 5.91 Å². The molecule has 3 rings (SSSR count). The van der Waals surface area contributed by atoms with Crippen LogP contribution in [0.25, 0.3) is 0 Å². The molecule has 0 bridgehead atoms. The zero-order valence-corrected chi connectivity index (χ0v) is 13.4. The minimum absolute atomic E-state index is 0.127. The van der Waals surface area contributed by atoms with Crippen LogP contribution in [0.4, 0.5) is 4.39 Å². The van der Waals surface area contributed by atoms with Crippen LogP contribution in [0, 0.1) is 18.7 Å². The molecule has 0 saturated carbocycles. The van der Waals surface area contributed by atoms with Gasteiger partial charge < -0.3 is 4.90 Å². The van der Waals surface area contributed by atoms with Gasteiger partial charge in [-0.2, -0.15) is 5.10 Å². The van der Waals surface area contributed by atoms with Crippen molar-refractivity contribution in [1.82, 2.24) is 15.1 Å². The first-order chi connectivity index (χ1) is 11.1. The largest absolute Gasteiger partial charge is 0.342 e. The van der Waals surface area contributed by atoms with E-state index >= 15 is 0 Å². The van der Waals surface area contributed by atoms with E-state index in [1.807, 2.05) is 11.1 Å². The monoisotopic (exact) mass is 315 g/mol. The molecule has 23 heavy (non-hydrogen) atoms. The maximum atomic E-state index is 12.9. The van der Waals surface area contributed by atoms with Crippen molar-refractivity contribution < 1.29 is 9.18 Å². The number of hydrogen-bond acceptors (Lipinski definition) is 2. The first kappa shape index (κ1) is 15.7. The summed E-state index contributed by atoms with van der Waals surface area (Å²) < 4.78 is 12.9. The Bertz CT molecular complexity index is 665. The van der Waals surface area contributed by atoms with Crippen LogP contribution in [0.1, 0.15) is 29.7 Å². The number of hydrogen-bond donors (Lipinski definition) is 1. The summed E-state index contributed by atoms with van der Waals surface area (Å²) >= 11 is 0. The Morgan fingerprint density at radius 2 is 2.17 bits per heavy atom. The summed E-state index contributed by atoms with van der Waals surface area (Å²) in [5, 5.41) is 7.12. The number of benzene rings is 1. The molecule has 1 fully saturated rings. The quantitative estimate of drug-likeness (QED) is 0.943. The fraction of sp³-hybridized carbons (Fsp3) is 0.444. The molecule has 1 amide bonds. The van der Waals surface area contributed by atoms with E-state index in [9.17, 15) is 9.18 Å². The van der Waals surface area contributed by atoms with Crippen molar-refractivity contribution in [3.05, 3.63) is 53.1 Å². The zero-order valence-electron chi connectivity index (χ0n) is 13.4. The molecule has 1 aromatic carbocycles. The van der Waals surface area contributed by atoms with Crippen molar-refractivity contribution in [3.63, 3.8) is 0 Å². The number of carbonyl (C=O) groups excluding carboxylic acids is 1. The van der Waals surface area contributed by atoms with Crippen LogP contribution < -0.4 is 0 Å². The van der Waals surface area contributed by atoms with Crippen molar-refractivity contribution in [2.45, 2.75) is 32.6 Å². The smallest absolute Gasteiger partial charge is 0.226 e. The van der Waals surface area contributed by atoms with E-state index in [0.29, 0.717) is 12.3 Å². The van der Waals surface area contributed by atoms with E-state index in [-0.39, 0.29) is 11.7 Å². The average molecular weight is 315 g/mol. The van der Waals surface area contributed by atoms with Gasteiger partial charge in [0, 0.05) is 18.8 Å². The summed E-state index contributed by atoms with van der Waals surface area (Å²) in [6.07, 6.45) is 5.30. The second-order valence-electron chi connectivity index (χ2n) is 6.39. The Morgan fingerprint density at radius 1 is 1.39 bits per heavy atom. The summed E-state index contributed by atoms with van der Waals surface area (Å²) in [4.78, 5) is 14.4. The number of nitrogens with one attached hydrogen (secondary N) is 1. The fourth-order valence-electron chi connectivity index (χ4n) is 3.22. The van der Waals surface area contributed by atoms with Crippen LogP contribution in [0.3, 0.4) is 0 Å². The predicted octanol–water partition coefficient (Wildman–Crippen LogP) is 2.88. The van der Waals surface area contributed by atoms with Gasteiger partial charge in [0.1, 0.15) is 5.82 Å². The zero-order chi connectivity index (χ0) is 16.2. The lowest BCUT2D eigenvalue weighted by molar-refractivity contribution is -0.132. The number of H-pyrrole nitrogens is 1. The van der Waals surface area contributed by atoms with Gasteiger partial charge in [0.15, 0.2) is 0 Å². The van der Waals surface area contributed by atoms with E-state index in [2.05, 4.69) is 17.1 Å². The number of aromatic nitrogens is 2. The molecule has 5 heteroatoms. The van der Waals surface area contributed by atoms with Crippen LogP contribution in [0.15, 0.2) is 30.5 Å². The van der Waals surface area contributed by atoms with E-state index in [0.717, 1.165) is 37.9 Å². The van der Waals surface area contributed by atoms with Crippen LogP contribution >= 0.6 is 0 Å². The summed E-state index contributed by atoms with van der Waals surface area (Å²) in [5.74, 6) is 0.330. The van der Waals surface area contributed by atoms with E-state index < -0.39 is 0 Å². The maximum absolute atomic E-state index is 12.9. The lowest BCUT2D eigenvalue weighted by atomic mass is 9.92. The summed E-state index contributed by atoms with van der Waals surface area (Å²) in [6, 6.07) is 6.18. The lowest BCUT2D eigenvalue weighted by Crippen LogP contribution is -2.41. The van der Waals surface area contributed by atoms with Crippen molar-refractivity contribution in [3.8, 4) is 0 Å². The first-order valence-corrected chi connectivity index (χ1v) is 8.13. The Morgan fingerprint density at radius 3 is 2.87 bits per heavy atom. The fourth-order valence-corrected chi connectivity index (χ4v) is 3.22. The standard InChI is InChI=1S/C18H22FN3O/c1-13-11-20-21-17(13)9-15-3-2-8-22(12-15)18(23)10-14-4-6-16(19)7-5-14/h4-7,11,15H,2-3,8-10,12H2,1H3,(H,20,21). The summed E-state index contributed by atoms with van der Waals surface area (Å²) in [5.41, 5.74) is 3.21. The number of aromatic amines is 1. The van der Waals surface area contributed by atoms with Gasteiger partial charge in [-0.1, -0.05) is 12.1 Å². The second kappa shape index (κ2) is 6.94. The van der Waals surface area contributed by atoms with Crippen LogP contribution in [0.2, 0.25) is 0 Å². The lowest BCUT2D eigenvalue weighted by Gasteiger charge is -2.33. The van der Waals surface area contributed by atoms with Gasteiger partial charge >= 0.3 is 0 Å². The molecule has 0 radical (unpaired) electrons. The molecule has 0 aliphatic carbocycles. The molecule has 122 valence electrons. The highest BCUT2D eigenvalue weighted by Gasteiger charge is 2.24. The molecule has 1 saturated heterocycles. The molecule has 2 heterocycles. The van der Waals surface area contributed by atoms with Crippen LogP contribution in [-0.2, 0) is 17.6 Å². The van der Waals surface area contributed by atoms with Gasteiger partial charge in [-0.3, -0.25) is 9.89 Å². The predicted molar refractivity (Wildman–Crippen MR) is 86.4 cm³/mol. The molecule has 0 spiro atoms. The molecule has 1 aliphatic heterocycles. The number of amides is 1. The third-order valence-corrected chi connectivity index (χ3v) is 4.57. The van der Waals surface area contributed by atoms with Crippen molar-refractivity contribution in [2.24, 2.45) is 5.92 Å². The topological polar surface area (TPSA) is 49.0 Å². The number of halogens is 1. The molecule has 1 unspecified atom stereocenters. The molecule has 1 aliphatic rings. The molecule has 2 aromatic rings. The third-order valence-electron chi connectivity index (χ3n) is 4.57. The molecule has 1 aromatic heterocycles. The number of carbonyl (C=O) groups is 1. The van der Waals surface area contributed by atoms with Crippen molar-refractivity contribution in [1.29, 1.82) is 0 Å². The summed E-state index contributed by atoms with van der Waals surface area (Å²) in [6.45, 7) is 3.66. The molecular formula is C18H22FN3O. The molecular weight excluding hydrogens is 293 g/mol. The SMILES string of the molecule is Cc1cn[nH]c1CC1CCCN(C(=O)Cc2ccc(F)cc2)C1. The van der Waals surface area contributed by atoms with E-state index in [4.69, 9.17) is 0 Å². The van der Waals surface area contributed by atoms with Gasteiger partial charge in [0.05, 0.1) is 12.6 Å². The third kappa shape index (κ3) is 3.97. The van der Waals surface area contributed by atoms with Gasteiger partial charge in [0.2, 0.25) is 5.91 Å². The summed E-state index contributed by atoms with van der Waals surface area (Å²) in [7, 11) is 0. The molecule has 4 nitrogen and oxygen atoms in total. The van der Waals surface area contributed by atoms with Crippen LogP contribution in [0.5, 0.6) is 0 Å². The number of piperidine rings is 1. The molecule has 1 N–H and O–H groups in total.